The van der Waals surface area contributed by atoms with Gasteiger partial charge in [-0.2, -0.15) is 11.3 Å². The van der Waals surface area contributed by atoms with E-state index < -0.39 is 17.1 Å². The number of benzene rings is 2. The quantitative estimate of drug-likeness (QED) is 0.103. The second-order valence-electron chi connectivity index (χ2n) is 8.79. The first-order chi connectivity index (χ1) is 20.3. The lowest BCUT2D eigenvalue weighted by molar-refractivity contribution is -0.142. The Morgan fingerprint density at radius 1 is 1.02 bits per heavy atom. The van der Waals surface area contributed by atoms with Crippen molar-refractivity contribution < 1.29 is 23.9 Å². The van der Waals surface area contributed by atoms with Gasteiger partial charge in [-0.15, -0.1) is 23.1 Å². The first kappa shape index (κ1) is 30.7. The Kier molecular flexibility index (Phi) is 11.0. The highest BCUT2D eigenvalue weighted by Crippen LogP contribution is 2.27. The Labute approximate surface area is 255 Å². The fourth-order valence-electron chi connectivity index (χ4n) is 3.58. The smallest absolute Gasteiger partial charge is 0.311 e. The van der Waals surface area contributed by atoms with Crippen molar-refractivity contribution in [2.24, 2.45) is 0 Å². The van der Waals surface area contributed by atoms with Crippen LogP contribution >= 0.6 is 34.4 Å². The van der Waals surface area contributed by atoms with Crippen LogP contribution in [0.25, 0.3) is 6.08 Å². The maximum Gasteiger partial charge on any atom is 0.311 e. The molecule has 2 heterocycles. The molecule has 0 radical (unpaired) electrons. The molecular formula is C30H28N4O5S3. The molecule has 0 saturated carbocycles. The first-order valence-corrected chi connectivity index (χ1v) is 15.6. The van der Waals surface area contributed by atoms with Crippen LogP contribution < -0.4 is 16.0 Å². The van der Waals surface area contributed by atoms with Crippen LogP contribution in [0.4, 0.5) is 10.8 Å². The van der Waals surface area contributed by atoms with Gasteiger partial charge in [-0.3, -0.25) is 19.2 Å². The largest absolute Gasteiger partial charge is 0.466 e. The van der Waals surface area contributed by atoms with Crippen molar-refractivity contribution in [1.82, 2.24) is 10.3 Å². The van der Waals surface area contributed by atoms with Gasteiger partial charge < -0.3 is 20.7 Å². The number of thioether (sulfide) groups is 1. The molecular weight excluding hydrogens is 593 g/mol. The van der Waals surface area contributed by atoms with Crippen LogP contribution in [-0.2, 0) is 25.5 Å². The number of thiophene rings is 1. The predicted molar refractivity (Wildman–Crippen MR) is 168 cm³/mol. The van der Waals surface area contributed by atoms with Crippen molar-refractivity contribution in [2.45, 2.75) is 30.4 Å². The highest BCUT2D eigenvalue weighted by molar-refractivity contribution is 8.00. The summed E-state index contributed by atoms with van der Waals surface area (Å²) in [4.78, 5) is 55.6. The number of carbonyl (C=O) groups is 4. The van der Waals surface area contributed by atoms with E-state index in [1.54, 1.807) is 67.8 Å². The van der Waals surface area contributed by atoms with Crippen molar-refractivity contribution in [3.63, 3.8) is 0 Å². The second kappa shape index (κ2) is 15.1. The molecule has 216 valence electrons. The van der Waals surface area contributed by atoms with Gasteiger partial charge in [0, 0.05) is 21.5 Å². The van der Waals surface area contributed by atoms with Crippen molar-refractivity contribution >= 4 is 75.0 Å². The summed E-state index contributed by atoms with van der Waals surface area (Å²) in [5.41, 5.74) is 2.35. The minimum atomic E-state index is -0.485. The molecule has 2 aromatic heterocycles. The number of rotatable bonds is 12. The molecule has 0 spiro atoms. The van der Waals surface area contributed by atoms with Crippen LogP contribution in [0.2, 0.25) is 0 Å². The third-order valence-corrected chi connectivity index (χ3v) is 8.17. The van der Waals surface area contributed by atoms with E-state index in [1.165, 1.54) is 34.4 Å². The highest BCUT2D eigenvalue weighted by atomic mass is 32.2. The fourth-order valence-corrected chi connectivity index (χ4v) is 5.84. The third kappa shape index (κ3) is 9.13. The fraction of sp³-hybridized carbons (Fsp3) is 0.167. The summed E-state index contributed by atoms with van der Waals surface area (Å²) in [6.45, 7) is 3.80. The number of carbonyl (C=O) groups excluding carboxylic acids is 4. The summed E-state index contributed by atoms with van der Waals surface area (Å²) in [5.74, 6) is -1.51. The number of aromatic nitrogens is 1. The van der Waals surface area contributed by atoms with Gasteiger partial charge in [0.1, 0.15) is 5.70 Å². The van der Waals surface area contributed by atoms with Gasteiger partial charge in [-0.25, -0.2) is 4.98 Å². The highest BCUT2D eigenvalue weighted by Gasteiger charge is 2.19. The lowest BCUT2D eigenvalue weighted by Gasteiger charge is -2.13. The van der Waals surface area contributed by atoms with Gasteiger partial charge in [-0.1, -0.05) is 24.3 Å². The Bertz CT molecular complexity index is 1570. The van der Waals surface area contributed by atoms with Crippen LogP contribution in [0.5, 0.6) is 0 Å². The monoisotopic (exact) mass is 620 g/mol. The zero-order valence-corrected chi connectivity index (χ0v) is 25.2. The van der Waals surface area contributed by atoms with E-state index >= 15 is 0 Å². The van der Waals surface area contributed by atoms with E-state index in [0.29, 0.717) is 28.7 Å². The third-order valence-electron chi connectivity index (χ3n) is 5.57. The number of ether oxygens (including phenoxy) is 1. The van der Waals surface area contributed by atoms with E-state index in [-0.39, 0.29) is 24.0 Å². The minimum absolute atomic E-state index is 0.0448. The van der Waals surface area contributed by atoms with Gasteiger partial charge in [0.2, 0.25) is 5.91 Å². The van der Waals surface area contributed by atoms with Crippen molar-refractivity contribution in [1.29, 1.82) is 0 Å². The molecule has 1 unspecified atom stereocenters. The SMILES string of the molecule is CCOC(=O)Cc1csc(NC(=O)C(C)Sc2cccc(NC(=O)/C(=C/c3ccsc3)NC(=O)c3ccccc3)c2)n1. The topological polar surface area (TPSA) is 126 Å². The first-order valence-electron chi connectivity index (χ1n) is 12.9. The minimum Gasteiger partial charge on any atom is -0.466 e. The lowest BCUT2D eigenvalue weighted by atomic mass is 10.2. The number of esters is 1. The van der Waals surface area contributed by atoms with Gasteiger partial charge in [0.05, 0.1) is 24.0 Å². The molecule has 0 aliphatic rings. The average molecular weight is 621 g/mol. The van der Waals surface area contributed by atoms with E-state index in [9.17, 15) is 19.2 Å². The summed E-state index contributed by atoms with van der Waals surface area (Å²) in [7, 11) is 0. The molecule has 0 fully saturated rings. The molecule has 0 aliphatic heterocycles. The predicted octanol–water partition coefficient (Wildman–Crippen LogP) is 5.84. The van der Waals surface area contributed by atoms with Crippen molar-refractivity contribution in [3.8, 4) is 0 Å². The average Bonchev–Trinajstić information content (AvgIpc) is 3.65. The van der Waals surface area contributed by atoms with Crippen LogP contribution in [0.1, 0.15) is 35.5 Å². The van der Waals surface area contributed by atoms with Gasteiger partial charge in [0.25, 0.3) is 11.8 Å². The van der Waals surface area contributed by atoms with Crippen LogP contribution in [0, 0.1) is 0 Å². The maximum absolute atomic E-state index is 13.3. The van der Waals surface area contributed by atoms with Gasteiger partial charge in [-0.05, 0) is 72.6 Å². The summed E-state index contributed by atoms with van der Waals surface area (Å²) in [6.07, 6.45) is 1.66. The van der Waals surface area contributed by atoms with Gasteiger partial charge in [0.15, 0.2) is 5.13 Å². The van der Waals surface area contributed by atoms with Crippen LogP contribution in [-0.4, -0.2) is 40.5 Å². The number of hydrogen-bond donors (Lipinski definition) is 3. The Morgan fingerprint density at radius 2 is 1.83 bits per heavy atom. The van der Waals surface area contributed by atoms with Gasteiger partial charge >= 0.3 is 5.97 Å². The number of amides is 3. The standard InChI is InChI=1S/C30H28N4O5S3/c1-3-39-26(35)16-23-18-41-30(32-23)34-27(36)19(2)42-24-11-7-10-22(15-24)31-29(38)25(14-20-12-13-40-17-20)33-28(37)21-8-5-4-6-9-21/h4-15,17-19H,3,16H2,1-2H3,(H,31,38)(H,33,37)(H,32,34,36)/b25-14-. The molecule has 4 aromatic rings. The number of nitrogens with zero attached hydrogens (tertiary/aromatic N) is 1. The molecule has 9 nitrogen and oxygen atoms in total. The van der Waals surface area contributed by atoms with Crippen LogP contribution in [0.3, 0.4) is 0 Å². The maximum atomic E-state index is 13.3. The number of hydrogen-bond acceptors (Lipinski definition) is 9. The molecule has 3 N–H and O–H groups in total. The lowest BCUT2D eigenvalue weighted by Crippen LogP contribution is -2.30. The molecule has 2 aromatic carbocycles. The number of nitrogens with one attached hydrogen (secondary N) is 3. The Morgan fingerprint density at radius 3 is 2.57 bits per heavy atom. The summed E-state index contributed by atoms with van der Waals surface area (Å²) < 4.78 is 4.93. The summed E-state index contributed by atoms with van der Waals surface area (Å²) in [6, 6.07) is 17.6. The Hall–Kier alpha value is -4.26. The zero-order valence-electron chi connectivity index (χ0n) is 22.8. The van der Waals surface area contributed by atoms with Crippen molar-refractivity contribution in [2.75, 3.05) is 17.2 Å². The summed E-state index contributed by atoms with van der Waals surface area (Å²) in [5, 5.41) is 13.7. The molecule has 1 atom stereocenters. The molecule has 3 amide bonds. The molecule has 0 saturated heterocycles. The Balaban J connectivity index is 1.38. The molecule has 0 aliphatic carbocycles. The van der Waals surface area contributed by atoms with Crippen LogP contribution in [0.15, 0.2) is 87.4 Å². The molecule has 4 rings (SSSR count). The van der Waals surface area contributed by atoms with E-state index in [1.807, 2.05) is 29.0 Å². The molecule has 0 bridgehead atoms. The van der Waals surface area contributed by atoms with E-state index in [4.69, 9.17) is 4.74 Å². The zero-order chi connectivity index (χ0) is 29.9. The van der Waals surface area contributed by atoms with E-state index in [2.05, 4.69) is 20.9 Å². The number of anilines is 2. The summed E-state index contributed by atoms with van der Waals surface area (Å²) >= 11 is 4.03. The van der Waals surface area contributed by atoms with Crippen molar-refractivity contribution in [3.05, 3.63) is 99.3 Å². The molecule has 42 heavy (non-hydrogen) atoms. The normalized spacial score (nSPS) is 11.8. The molecule has 12 heteroatoms. The van der Waals surface area contributed by atoms with E-state index in [0.717, 1.165) is 10.5 Å². The number of thiazole rings is 1. The second-order valence-corrected chi connectivity index (χ2v) is 11.8.